The first-order valence-corrected chi connectivity index (χ1v) is 12.7. The Morgan fingerprint density at radius 1 is 1.24 bits per heavy atom. The Morgan fingerprint density at radius 2 is 1.97 bits per heavy atom. The summed E-state index contributed by atoms with van der Waals surface area (Å²) in [5.74, 6) is 1.52. The average molecular weight is 506 g/mol. The lowest BCUT2D eigenvalue weighted by atomic mass is 9.90. The highest BCUT2D eigenvalue weighted by atomic mass is 35.5. The molecule has 2 saturated heterocycles. The number of hydrogen-bond donors (Lipinski definition) is 3. The summed E-state index contributed by atoms with van der Waals surface area (Å²) in [5, 5.41) is 11.0. The maximum atomic E-state index is 12.2. The number of aromatic nitrogens is 3. The quantitative estimate of drug-likeness (QED) is 0.538. The van der Waals surface area contributed by atoms with Gasteiger partial charge in [-0.15, -0.1) is 0 Å². The fourth-order valence-electron chi connectivity index (χ4n) is 3.73. The van der Waals surface area contributed by atoms with Gasteiger partial charge < -0.3 is 25.6 Å². The molecule has 9 nitrogen and oxygen atoms in total. The van der Waals surface area contributed by atoms with E-state index in [-0.39, 0.29) is 11.6 Å². The zero-order chi connectivity index (χ0) is 24.3. The first-order chi connectivity index (χ1) is 16.1. The van der Waals surface area contributed by atoms with Crippen LogP contribution in [-0.4, -0.2) is 64.4 Å². The number of halogens is 1. The maximum Gasteiger partial charge on any atom is 0.408 e. The van der Waals surface area contributed by atoms with Gasteiger partial charge in [-0.05, 0) is 46.6 Å². The highest BCUT2D eigenvalue weighted by Gasteiger charge is 2.33. The Balaban J connectivity index is 1.32. The molecule has 0 bridgehead atoms. The van der Waals surface area contributed by atoms with Crippen LogP contribution in [0.1, 0.15) is 40.5 Å². The number of carbonyl (C=O) groups is 1. The highest BCUT2D eigenvalue weighted by molar-refractivity contribution is 7.99. The summed E-state index contributed by atoms with van der Waals surface area (Å²) < 4.78 is 5.41. The minimum absolute atomic E-state index is 0.304. The van der Waals surface area contributed by atoms with Crippen molar-refractivity contribution in [1.82, 2.24) is 25.6 Å². The van der Waals surface area contributed by atoms with Crippen LogP contribution in [0.2, 0.25) is 5.02 Å². The molecule has 3 N–H and O–H groups in total. The van der Waals surface area contributed by atoms with Crippen molar-refractivity contribution in [3.63, 3.8) is 0 Å². The van der Waals surface area contributed by atoms with Crippen molar-refractivity contribution in [2.75, 3.05) is 36.4 Å². The first kappa shape index (κ1) is 24.8. The number of hydrogen-bond acceptors (Lipinski definition) is 9. The fraction of sp³-hybridized carbons (Fsp3) is 0.565. The molecule has 1 amide bonds. The number of nitrogens with zero attached hydrogens (tertiary/aromatic N) is 4. The van der Waals surface area contributed by atoms with Crippen LogP contribution >= 0.6 is 23.4 Å². The van der Waals surface area contributed by atoms with Crippen molar-refractivity contribution in [3.8, 4) is 0 Å². The predicted molar refractivity (Wildman–Crippen MR) is 135 cm³/mol. The zero-order valence-electron chi connectivity index (χ0n) is 20.0. The van der Waals surface area contributed by atoms with Gasteiger partial charge in [-0.1, -0.05) is 23.4 Å². The Bertz CT molecular complexity index is 1000. The van der Waals surface area contributed by atoms with E-state index in [4.69, 9.17) is 16.3 Å². The number of pyridine rings is 1. The minimum Gasteiger partial charge on any atom is -0.444 e. The monoisotopic (exact) mass is 505 g/mol. The largest absolute Gasteiger partial charge is 0.444 e. The van der Waals surface area contributed by atoms with Gasteiger partial charge in [-0.2, -0.15) is 0 Å². The number of amides is 1. The molecular formula is C23H32ClN7O2S. The Morgan fingerprint density at radius 3 is 2.56 bits per heavy atom. The van der Waals surface area contributed by atoms with E-state index >= 15 is 0 Å². The first-order valence-electron chi connectivity index (χ1n) is 11.5. The number of rotatable bonds is 6. The third-order valence-corrected chi connectivity index (χ3v) is 7.27. The number of carbonyl (C=O) groups excluding carboxylic acids is 1. The summed E-state index contributed by atoms with van der Waals surface area (Å²) in [6, 6.07) is 2.24. The Hall–Kier alpha value is -2.30. The molecule has 11 heteroatoms. The van der Waals surface area contributed by atoms with Crippen LogP contribution in [0.5, 0.6) is 0 Å². The lowest BCUT2D eigenvalue weighted by molar-refractivity contribution is 0.0448. The molecule has 2 aliphatic heterocycles. The molecule has 2 fully saturated rings. The van der Waals surface area contributed by atoms with Gasteiger partial charge in [0.1, 0.15) is 22.3 Å². The van der Waals surface area contributed by atoms with Crippen molar-refractivity contribution in [2.24, 2.45) is 0 Å². The van der Waals surface area contributed by atoms with Crippen LogP contribution in [0, 0.1) is 0 Å². The van der Waals surface area contributed by atoms with E-state index in [0.29, 0.717) is 16.9 Å². The molecule has 4 heterocycles. The summed E-state index contributed by atoms with van der Waals surface area (Å²) in [6.45, 7) is 11.0. The number of ether oxygens (including phenoxy) is 1. The van der Waals surface area contributed by atoms with Crippen LogP contribution in [0.15, 0.2) is 34.6 Å². The number of piperidine rings is 1. The molecule has 34 heavy (non-hydrogen) atoms. The number of nitrogens with one attached hydrogen (secondary N) is 3. The maximum absolute atomic E-state index is 12.2. The van der Waals surface area contributed by atoms with Crippen molar-refractivity contribution >= 4 is 41.1 Å². The summed E-state index contributed by atoms with van der Waals surface area (Å²) in [5.41, 5.74) is -0.815. The SMILES string of the molecule is CC1(NC(=O)OC(C)(C)C)CCN(c2cnc(Sc3ccnc(NC4CNC4)c3Cl)cn2)CC1. The summed E-state index contributed by atoms with van der Waals surface area (Å²) in [6.07, 6.45) is 6.53. The molecule has 0 aromatic carbocycles. The predicted octanol–water partition coefficient (Wildman–Crippen LogP) is 3.94. The van der Waals surface area contributed by atoms with E-state index in [2.05, 4.69) is 42.7 Å². The molecule has 0 radical (unpaired) electrons. The van der Waals surface area contributed by atoms with Crippen LogP contribution < -0.4 is 20.9 Å². The lowest BCUT2D eigenvalue weighted by Gasteiger charge is -2.40. The molecule has 2 aliphatic rings. The number of anilines is 2. The van der Waals surface area contributed by atoms with Gasteiger partial charge in [-0.25, -0.2) is 19.7 Å². The van der Waals surface area contributed by atoms with Gasteiger partial charge in [0.2, 0.25) is 0 Å². The standard InChI is InChI=1S/C23H32ClN7O2S/c1-22(2,3)33-21(32)30-23(4)6-9-31(10-7-23)17-13-28-18(14-27-17)34-16-5-8-26-20(19(16)24)29-15-11-25-12-15/h5,8,13-15,25H,6-7,9-12H2,1-4H3,(H,26,29)(H,30,32). The van der Waals surface area contributed by atoms with Gasteiger partial charge in [-0.3, -0.25) is 0 Å². The van der Waals surface area contributed by atoms with Crippen LogP contribution in [0.3, 0.4) is 0 Å². The van der Waals surface area contributed by atoms with Crippen LogP contribution in [-0.2, 0) is 4.74 Å². The third kappa shape index (κ3) is 6.43. The minimum atomic E-state index is -0.511. The molecule has 2 aromatic heterocycles. The molecule has 0 aliphatic carbocycles. The van der Waals surface area contributed by atoms with E-state index in [1.54, 1.807) is 18.6 Å². The fourth-order valence-corrected chi connectivity index (χ4v) is 4.77. The molecule has 0 saturated carbocycles. The molecule has 0 unspecified atom stereocenters. The van der Waals surface area contributed by atoms with Crippen molar-refractivity contribution < 1.29 is 9.53 Å². The topological polar surface area (TPSA) is 104 Å². The van der Waals surface area contributed by atoms with Crippen LogP contribution in [0.25, 0.3) is 0 Å². The van der Waals surface area contributed by atoms with Gasteiger partial charge in [0.25, 0.3) is 0 Å². The smallest absolute Gasteiger partial charge is 0.408 e. The van der Waals surface area contributed by atoms with E-state index in [1.165, 1.54) is 11.8 Å². The Kier molecular flexibility index (Phi) is 7.39. The van der Waals surface area contributed by atoms with Gasteiger partial charge in [0.15, 0.2) is 0 Å². The van der Waals surface area contributed by atoms with Crippen LogP contribution in [0.4, 0.5) is 16.4 Å². The second-order valence-corrected chi connectivity index (χ2v) is 11.4. The summed E-state index contributed by atoms with van der Waals surface area (Å²) in [7, 11) is 0. The zero-order valence-corrected chi connectivity index (χ0v) is 21.6. The highest BCUT2D eigenvalue weighted by Crippen LogP contribution is 2.36. The second-order valence-electron chi connectivity index (χ2n) is 9.96. The van der Waals surface area contributed by atoms with E-state index in [1.807, 2.05) is 26.8 Å². The van der Waals surface area contributed by atoms with Gasteiger partial charge >= 0.3 is 6.09 Å². The molecule has 0 atom stereocenters. The van der Waals surface area contributed by atoms with Gasteiger partial charge in [0.05, 0.1) is 23.5 Å². The second kappa shape index (κ2) is 10.1. The molecule has 184 valence electrons. The normalized spacial score (nSPS) is 18.2. The Labute approximate surface area is 209 Å². The van der Waals surface area contributed by atoms with E-state index in [9.17, 15) is 4.79 Å². The molecule has 2 aromatic rings. The molecule has 4 rings (SSSR count). The summed E-state index contributed by atoms with van der Waals surface area (Å²) >= 11 is 8.04. The number of alkyl carbamates (subject to hydrolysis) is 1. The lowest BCUT2D eigenvalue weighted by Crippen LogP contribution is -2.54. The van der Waals surface area contributed by atoms with Gasteiger partial charge in [0, 0.05) is 42.8 Å². The molecular weight excluding hydrogens is 474 g/mol. The van der Waals surface area contributed by atoms with E-state index in [0.717, 1.165) is 54.8 Å². The van der Waals surface area contributed by atoms with Crippen molar-refractivity contribution in [2.45, 2.75) is 67.6 Å². The van der Waals surface area contributed by atoms with Crippen molar-refractivity contribution in [1.29, 1.82) is 0 Å². The van der Waals surface area contributed by atoms with E-state index < -0.39 is 5.60 Å². The molecule has 0 spiro atoms. The van der Waals surface area contributed by atoms with Crippen molar-refractivity contribution in [3.05, 3.63) is 29.7 Å². The third-order valence-electron chi connectivity index (χ3n) is 5.80. The average Bonchev–Trinajstić information content (AvgIpc) is 2.72. The summed E-state index contributed by atoms with van der Waals surface area (Å²) in [4.78, 5) is 28.9.